The third kappa shape index (κ3) is 2.77. The van der Waals surface area contributed by atoms with E-state index in [1.54, 1.807) is 0 Å². The van der Waals surface area contributed by atoms with Crippen LogP contribution in [0.3, 0.4) is 0 Å². The van der Waals surface area contributed by atoms with Crippen LogP contribution >= 0.6 is 0 Å². The maximum absolute atomic E-state index is 12.8. The number of hydrogen-bond acceptors (Lipinski definition) is 6. The van der Waals surface area contributed by atoms with Gasteiger partial charge in [0.1, 0.15) is 0 Å². The Morgan fingerprint density at radius 1 is 1.29 bits per heavy atom. The molecular formula is C14H20N2O4S. The predicted molar refractivity (Wildman–Crippen MR) is 77.6 cm³/mol. The van der Waals surface area contributed by atoms with E-state index in [9.17, 15) is 8.42 Å². The Labute approximate surface area is 124 Å². The quantitative estimate of drug-likeness (QED) is 0.881. The molecule has 2 aliphatic heterocycles. The lowest BCUT2D eigenvalue weighted by atomic mass is 9.86. The van der Waals surface area contributed by atoms with Crippen LogP contribution < -0.4 is 5.73 Å². The summed E-state index contributed by atoms with van der Waals surface area (Å²) >= 11 is 0. The van der Waals surface area contributed by atoms with Crippen molar-refractivity contribution in [3.8, 4) is 0 Å². The lowest BCUT2D eigenvalue weighted by Crippen LogP contribution is -2.47. The average molecular weight is 312 g/mol. The summed E-state index contributed by atoms with van der Waals surface area (Å²) in [6, 6.07) is 1.48. The van der Waals surface area contributed by atoms with Crippen molar-refractivity contribution < 1.29 is 17.9 Å². The molecule has 7 heteroatoms. The molecule has 1 unspecified atom stereocenters. The van der Waals surface area contributed by atoms with Gasteiger partial charge in [0.2, 0.25) is 0 Å². The Balaban J connectivity index is 1.87. The summed E-state index contributed by atoms with van der Waals surface area (Å²) < 4.78 is 37.0. The Bertz CT molecular complexity index is 606. The van der Waals surface area contributed by atoms with E-state index >= 15 is 0 Å². The van der Waals surface area contributed by atoms with Crippen molar-refractivity contribution in [2.75, 3.05) is 25.6 Å². The standard InChI is InChI=1S/C14H20N2O4S/c15-12-10-16-5-1-13(12)21(17,18)11-2-6-20-14(9-11)3-7-19-8-4-14/h1,5,10-11H,2-4,6-9,15H2. The van der Waals surface area contributed by atoms with E-state index < -0.39 is 15.1 Å². The van der Waals surface area contributed by atoms with Gasteiger partial charge < -0.3 is 15.2 Å². The Hall–Kier alpha value is -1.18. The third-order valence-electron chi connectivity index (χ3n) is 4.41. The fraction of sp³-hybridized carbons (Fsp3) is 0.643. The zero-order chi connectivity index (χ0) is 14.9. The Kier molecular flexibility index (Phi) is 3.90. The minimum absolute atomic E-state index is 0.187. The highest BCUT2D eigenvalue weighted by Gasteiger charge is 2.44. The molecule has 3 rings (SSSR count). The molecule has 0 aliphatic carbocycles. The van der Waals surface area contributed by atoms with Crippen LogP contribution in [0.15, 0.2) is 23.4 Å². The maximum atomic E-state index is 12.8. The van der Waals surface area contributed by atoms with Crippen molar-refractivity contribution in [1.82, 2.24) is 4.98 Å². The molecule has 0 bridgehead atoms. The van der Waals surface area contributed by atoms with E-state index in [0.717, 1.165) is 12.8 Å². The second-order valence-electron chi connectivity index (χ2n) is 5.72. The number of anilines is 1. The maximum Gasteiger partial charge on any atom is 0.183 e. The first-order valence-corrected chi connectivity index (χ1v) is 8.73. The zero-order valence-corrected chi connectivity index (χ0v) is 12.6. The SMILES string of the molecule is Nc1cnccc1S(=O)(=O)C1CCOC2(CCOCC2)C1. The van der Waals surface area contributed by atoms with E-state index in [2.05, 4.69) is 4.98 Å². The Morgan fingerprint density at radius 3 is 2.76 bits per heavy atom. The monoisotopic (exact) mass is 312 g/mol. The number of ether oxygens (including phenoxy) is 2. The molecule has 2 fully saturated rings. The van der Waals surface area contributed by atoms with E-state index in [-0.39, 0.29) is 16.2 Å². The van der Waals surface area contributed by atoms with Gasteiger partial charge >= 0.3 is 0 Å². The molecule has 1 spiro atoms. The summed E-state index contributed by atoms with van der Waals surface area (Å²) in [6.07, 6.45) is 5.38. The van der Waals surface area contributed by atoms with Crippen LogP contribution in [0, 0.1) is 0 Å². The van der Waals surface area contributed by atoms with Gasteiger partial charge in [-0.3, -0.25) is 4.98 Å². The third-order valence-corrected chi connectivity index (χ3v) is 6.67. The summed E-state index contributed by atoms with van der Waals surface area (Å²) in [5, 5.41) is -0.450. The fourth-order valence-electron chi connectivity index (χ4n) is 3.17. The minimum atomic E-state index is -3.45. The topological polar surface area (TPSA) is 91.5 Å². The van der Waals surface area contributed by atoms with Crippen molar-refractivity contribution in [1.29, 1.82) is 0 Å². The normalized spacial score (nSPS) is 25.8. The lowest BCUT2D eigenvalue weighted by molar-refractivity contribution is -0.132. The van der Waals surface area contributed by atoms with Gasteiger partial charge in [-0.1, -0.05) is 0 Å². The minimum Gasteiger partial charge on any atom is -0.396 e. The van der Waals surface area contributed by atoms with Gasteiger partial charge in [0.05, 0.1) is 27.6 Å². The highest BCUT2D eigenvalue weighted by molar-refractivity contribution is 7.92. The van der Waals surface area contributed by atoms with Gasteiger partial charge in [-0.15, -0.1) is 0 Å². The number of pyridine rings is 1. The highest BCUT2D eigenvalue weighted by atomic mass is 32.2. The van der Waals surface area contributed by atoms with Crippen LogP contribution in [0.5, 0.6) is 0 Å². The molecule has 1 atom stereocenters. The molecule has 0 aromatic carbocycles. The van der Waals surface area contributed by atoms with Crippen LogP contribution in [-0.4, -0.2) is 44.1 Å². The molecule has 21 heavy (non-hydrogen) atoms. The summed E-state index contributed by atoms with van der Waals surface area (Å²) in [5.41, 5.74) is 5.65. The number of aromatic nitrogens is 1. The molecule has 0 amide bonds. The van der Waals surface area contributed by atoms with E-state index in [1.807, 2.05) is 0 Å². The van der Waals surface area contributed by atoms with Crippen molar-refractivity contribution in [3.63, 3.8) is 0 Å². The number of nitrogens with two attached hydrogens (primary N) is 1. The van der Waals surface area contributed by atoms with Gasteiger partial charge in [-0.2, -0.15) is 0 Å². The van der Waals surface area contributed by atoms with Gasteiger partial charge in [0.15, 0.2) is 9.84 Å². The molecule has 0 radical (unpaired) electrons. The fourth-order valence-corrected chi connectivity index (χ4v) is 5.09. The van der Waals surface area contributed by atoms with E-state index in [0.29, 0.717) is 32.7 Å². The molecule has 2 aliphatic rings. The van der Waals surface area contributed by atoms with Crippen LogP contribution in [0.1, 0.15) is 25.7 Å². The van der Waals surface area contributed by atoms with Crippen molar-refractivity contribution in [3.05, 3.63) is 18.5 Å². The lowest BCUT2D eigenvalue weighted by Gasteiger charge is -2.43. The predicted octanol–water partition coefficient (Wildman–Crippen LogP) is 1.17. The van der Waals surface area contributed by atoms with Crippen LogP contribution in [0.2, 0.25) is 0 Å². The molecule has 3 heterocycles. The van der Waals surface area contributed by atoms with E-state index in [1.165, 1.54) is 18.5 Å². The van der Waals surface area contributed by atoms with Crippen molar-refractivity contribution in [2.45, 2.75) is 41.4 Å². The number of sulfone groups is 1. The van der Waals surface area contributed by atoms with Gasteiger partial charge in [-0.25, -0.2) is 8.42 Å². The first kappa shape index (κ1) is 14.7. The smallest absolute Gasteiger partial charge is 0.183 e. The van der Waals surface area contributed by atoms with Crippen LogP contribution in [-0.2, 0) is 19.3 Å². The zero-order valence-electron chi connectivity index (χ0n) is 11.8. The molecule has 1 aromatic heterocycles. The number of nitrogens with zero attached hydrogens (tertiary/aromatic N) is 1. The second kappa shape index (κ2) is 5.55. The molecule has 116 valence electrons. The largest absolute Gasteiger partial charge is 0.396 e. The summed E-state index contributed by atoms with van der Waals surface area (Å²) in [4.78, 5) is 4.04. The van der Waals surface area contributed by atoms with Gasteiger partial charge in [0, 0.05) is 26.0 Å². The molecule has 2 N–H and O–H groups in total. The summed E-state index contributed by atoms with van der Waals surface area (Å²) in [6.45, 7) is 1.73. The average Bonchev–Trinajstić information content (AvgIpc) is 2.48. The number of hydrogen-bond donors (Lipinski definition) is 1. The van der Waals surface area contributed by atoms with Crippen LogP contribution in [0.25, 0.3) is 0 Å². The molecule has 2 saturated heterocycles. The summed E-state index contributed by atoms with van der Waals surface area (Å²) in [7, 11) is -3.45. The first-order valence-electron chi connectivity index (χ1n) is 7.19. The molecule has 0 saturated carbocycles. The van der Waals surface area contributed by atoms with Crippen LogP contribution in [0.4, 0.5) is 5.69 Å². The second-order valence-corrected chi connectivity index (χ2v) is 7.91. The van der Waals surface area contributed by atoms with Crippen molar-refractivity contribution in [2.24, 2.45) is 0 Å². The number of nitrogen functional groups attached to an aromatic ring is 1. The van der Waals surface area contributed by atoms with Gasteiger partial charge in [0.25, 0.3) is 0 Å². The first-order chi connectivity index (χ1) is 10.0. The molecular weight excluding hydrogens is 292 g/mol. The van der Waals surface area contributed by atoms with Crippen molar-refractivity contribution >= 4 is 15.5 Å². The molecule has 6 nitrogen and oxygen atoms in total. The number of rotatable bonds is 2. The van der Waals surface area contributed by atoms with E-state index in [4.69, 9.17) is 15.2 Å². The molecule has 1 aromatic rings. The van der Waals surface area contributed by atoms with Gasteiger partial charge in [-0.05, 0) is 31.7 Å². The Morgan fingerprint density at radius 2 is 2.05 bits per heavy atom. The highest BCUT2D eigenvalue weighted by Crippen LogP contribution is 2.38. The summed E-state index contributed by atoms with van der Waals surface area (Å²) in [5.74, 6) is 0.